The Balaban J connectivity index is 2.45. The molecular formula is C13H27N5. The SMILES string of the molecule is CCC(CC)C(CNCc1cnnn1C)N(C)C. The lowest BCUT2D eigenvalue weighted by Gasteiger charge is -2.31. The smallest absolute Gasteiger partial charge is 0.0738 e. The fourth-order valence-corrected chi connectivity index (χ4v) is 2.42. The van der Waals surface area contributed by atoms with Gasteiger partial charge in [-0.25, -0.2) is 0 Å². The number of likely N-dealkylation sites (N-methyl/N-ethyl adjacent to an activating group) is 1. The molecule has 1 atom stereocenters. The van der Waals surface area contributed by atoms with Gasteiger partial charge in [0.05, 0.1) is 11.9 Å². The molecule has 1 aromatic heterocycles. The van der Waals surface area contributed by atoms with Crippen molar-refractivity contribution in [2.24, 2.45) is 13.0 Å². The van der Waals surface area contributed by atoms with E-state index in [2.05, 4.69) is 48.5 Å². The summed E-state index contributed by atoms with van der Waals surface area (Å²) < 4.78 is 1.81. The van der Waals surface area contributed by atoms with Crippen LogP contribution in [0.15, 0.2) is 6.20 Å². The number of rotatable bonds is 8. The van der Waals surface area contributed by atoms with Crippen LogP contribution in [0.25, 0.3) is 0 Å². The fraction of sp³-hybridized carbons (Fsp3) is 0.846. The van der Waals surface area contributed by atoms with Crippen LogP contribution in [0.2, 0.25) is 0 Å². The minimum absolute atomic E-state index is 0.584. The Hall–Kier alpha value is -0.940. The van der Waals surface area contributed by atoms with Gasteiger partial charge in [-0.3, -0.25) is 4.68 Å². The maximum Gasteiger partial charge on any atom is 0.0738 e. The molecule has 1 rings (SSSR count). The summed E-state index contributed by atoms with van der Waals surface area (Å²) >= 11 is 0. The first-order valence-corrected chi connectivity index (χ1v) is 6.80. The second-order valence-corrected chi connectivity index (χ2v) is 5.09. The third-order valence-corrected chi connectivity index (χ3v) is 3.72. The molecule has 0 radical (unpaired) electrons. The van der Waals surface area contributed by atoms with E-state index < -0.39 is 0 Å². The summed E-state index contributed by atoms with van der Waals surface area (Å²) in [5.41, 5.74) is 1.12. The highest BCUT2D eigenvalue weighted by Gasteiger charge is 2.20. The van der Waals surface area contributed by atoms with Gasteiger partial charge in [0.1, 0.15) is 0 Å². The van der Waals surface area contributed by atoms with Gasteiger partial charge >= 0.3 is 0 Å². The van der Waals surface area contributed by atoms with Crippen LogP contribution >= 0.6 is 0 Å². The molecule has 0 saturated heterocycles. The maximum absolute atomic E-state index is 3.93. The summed E-state index contributed by atoms with van der Waals surface area (Å²) in [6.07, 6.45) is 4.28. The molecule has 1 unspecified atom stereocenters. The predicted octanol–water partition coefficient (Wildman–Crippen LogP) is 1.27. The average Bonchev–Trinajstić information content (AvgIpc) is 2.74. The van der Waals surface area contributed by atoms with Crippen molar-refractivity contribution in [1.29, 1.82) is 0 Å². The van der Waals surface area contributed by atoms with Gasteiger partial charge in [-0.15, -0.1) is 5.10 Å². The summed E-state index contributed by atoms with van der Waals surface area (Å²) in [4.78, 5) is 2.33. The Kier molecular flexibility index (Phi) is 6.29. The Labute approximate surface area is 111 Å². The van der Waals surface area contributed by atoms with E-state index in [1.54, 1.807) is 0 Å². The van der Waals surface area contributed by atoms with Gasteiger partial charge in [-0.2, -0.15) is 0 Å². The van der Waals surface area contributed by atoms with Gasteiger partial charge in [0.15, 0.2) is 0 Å². The molecule has 5 nitrogen and oxygen atoms in total. The summed E-state index contributed by atoms with van der Waals surface area (Å²) in [5.74, 6) is 0.747. The van der Waals surface area contributed by atoms with Gasteiger partial charge in [-0.1, -0.05) is 31.9 Å². The van der Waals surface area contributed by atoms with Crippen molar-refractivity contribution in [3.05, 3.63) is 11.9 Å². The number of aromatic nitrogens is 3. The lowest BCUT2D eigenvalue weighted by molar-refractivity contribution is 0.193. The van der Waals surface area contributed by atoms with Gasteiger partial charge < -0.3 is 10.2 Å². The van der Waals surface area contributed by atoms with Crippen molar-refractivity contribution in [2.75, 3.05) is 20.6 Å². The van der Waals surface area contributed by atoms with Gasteiger partial charge in [0.25, 0.3) is 0 Å². The molecular weight excluding hydrogens is 226 g/mol. The molecule has 0 aliphatic rings. The third kappa shape index (κ3) is 4.07. The predicted molar refractivity (Wildman–Crippen MR) is 74.3 cm³/mol. The molecule has 0 spiro atoms. The molecule has 18 heavy (non-hydrogen) atoms. The minimum Gasteiger partial charge on any atom is -0.310 e. The van der Waals surface area contributed by atoms with Crippen LogP contribution in [0, 0.1) is 5.92 Å². The highest BCUT2D eigenvalue weighted by Crippen LogP contribution is 2.16. The largest absolute Gasteiger partial charge is 0.310 e. The van der Waals surface area contributed by atoms with Crippen LogP contribution < -0.4 is 5.32 Å². The molecule has 0 bridgehead atoms. The van der Waals surface area contributed by atoms with Crippen LogP contribution in [-0.2, 0) is 13.6 Å². The molecule has 0 aliphatic carbocycles. The summed E-state index contributed by atoms with van der Waals surface area (Å²) in [6, 6.07) is 0.584. The molecule has 104 valence electrons. The van der Waals surface area contributed by atoms with E-state index in [4.69, 9.17) is 0 Å². The van der Waals surface area contributed by atoms with E-state index in [-0.39, 0.29) is 0 Å². The second kappa shape index (κ2) is 7.48. The molecule has 1 aromatic rings. The zero-order valence-corrected chi connectivity index (χ0v) is 12.3. The van der Waals surface area contributed by atoms with Crippen molar-refractivity contribution < 1.29 is 0 Å². The van der Waals surface area contributed by atoms with Crippen molar-refractivity contribution in [3.63, 3.8) is 0 Å². The summed E-state index contributed by atoms with van der Waals surface area (Å²) in [5, 5.41) is 11.3. The molecule has 0 fully saturated rings. The number of nitrogens with one attached hydrogen (secondary N) is 1. The monoisotopic (exact) mass is 253 g/mol. The first kappa shape index (κ1) is 15.1. The maximum atomic E-state index is 3.93. The van der Waals surface area contributed by atoms with Crippen molar-refractivity contribution in [2.45, 2.75) is 39.3 Å². The molecule has 0 aliphatic heterocycles. The zero-order valence-electron chi connectivity index (χ0n) is 12.3. The Morgan fingerprint density at radius 3 is 2.44 bits per heavy atom. The first-order valence-electron chi connectivity index (χ1n) is 6.80. The lowest BCUT2D eigenvalue weighted by atomic mass is 9.93. The normalized spacial score (nSPS) is 13.5. The lowest BCUT2D eigenvalue weighted by Crippen LogP contribution is -2.43. The molecule has 0 aromatic carbocycles. The molecule has 1 N–H and O–H groups in total. The standard InChI is InChI=1S/C13H27N5/c1-6-11(7-2)13(17(3)4)10-14-8-12-9-15-16-18(12)5/h9,11,13-14H,6-8,10H2,1-5H3. The Bertz CT molecular complexity index is 330. The number of nitrogens with zero attached hydrogens (tertiary/aromatic N) is 4. The van der Waals surface area contributed by atoms with E-state index in [1.165, 1.54) is 12.8 Å². The van der Waals surface area contributed by atoms with E-state index in [9.17, 15) is 0 Å². The van der Waals surface area contributed by atoms with Crippen molar-refractivity contribution >= 4 is 0 Å². The number of hydrogen-bond acceptors (Lipinski definition) is 4. The summed E-state index contributed by atoms with van der Waals surface area (Å²) in [6.45, 7) is 6.38. The topological polar surface area (TPSA) is 46.0 Å². The molecule has 0 amide bonds. The third-order valence-electron chi connectivity index (χ3n) is 3.72. The molecule has 1 heterocycles. The quantitative estimate of drug-likeness (QED) is 0.758. The highest BCUT2D eigenvalue weighted by atomic mass is 15.4. The van der Waals surface area contributed by atoms with E-state index in [0.717, 1.165) is 24.7 Å². The van der Waals surface area contributed by atoms with Gasteiger partial charge in [0, 0.05) is 26.2 Å². The Morgan fingerprint density at radius 2 is 2.00 bits per heavy atom. The van der Waals surface area contributed by atoms with E-state index in [1.807, 2.05) is 17.9 Å². The summed E-state index contributed by atoms with van der Waals surface area (Å²) in [7, 11) is 6.25. The second-order valence-electron chi connectivity index (χ2n) is 5.09. The van der Waals surface area contributed by atoms with E-state index >= 15 is 0 Å². The van der Waals surface area contributed by atoms with Gasteiger partial charge in [0.2, 0.25) is 0 Å². The number of hydrogen-bond donors (Lipinski definition) is 1. The Morgan fingerprint density at radius 1 is 1.33 bits per heavy atom. The molecule has 5 heteroatoms. The highest BCUT2D eigenvalue weighted by molar-refractivity contribution is 4.92. The fourth-order valence-electron chi connectivity index (χ4n) is 2.42. The zero-order chi connectivity index (χ0) is 13.5. The van der Waals surface area contributed by atoms with Gasteiger partial charge in [-0.05, 0) is 20.0 Å². The first-order chi connectivity index (χ1) is 8.60. The average molecular weight is 253 g/mol. The van der Waals surface area contributed by atoms with Crippen LogP contribution in [0.1, 0.15) is 32.4 Å². The molecule has 0 saturated carbocycles. The van der Waals surface area contributed by atoms with Crippen LogP contribution in [0.3, 0.4) is 0 Å². The van der Waals surface area contributed by atoms with Crippen LogP contribution in [0.4, 0.5) is 0 Å². The van der Waals surface area contributed by atoms with Crippen molar-refractivity contribution in [1.82, 2.24) is 25.2 Å². The number of aryl methyl sites for hydroxylation is 1. The van der Waals surface area contributed by atoms with Crippen LogP contribution in [-0.4, -0.2) is 46.6 Å². The van der Waals surface area contributed by atoms with E-state index in [0.29, 0.717) is 6.04 Å². The van der Waals surface area contributed by atoms with Crippen LogP contribution in [0.5, 0.6) is 0 Å². The minimum atomic E-state index is 0.584. The van der Waals surface area contributed by atoms with Crippen molar-refractivity contribution in [3.8, 4) is 0 Å².